The SMILES string of the molecule is O=C(C1CCOC2(CCOC2)C1)C1CCCCCN1. The largest absolute Gasteiger partial charge is 0.378 e. The second-order valence-corrected chi connectivity index (χ2v) is 6.28. The van der Waals surface area contributed by atoms with E-state index in [-0.39, 0.29) is 17.6 Å². The van der Waals surface area contributed by atoms with E-state index in [4.69, 9.17) is 9.47 Å². The molecule has 0 saturated carbocycles. The van der Waals surface area contributed by atoms with Gasteiger partial charge in [0.15, 0.2) is 5.78 Å². The lowest BCUT2D eigenvalue weighted by Gasteiger charge is -2.37. The maximum atomic E-state index is 12.7. The van der Waals surface area contributed by atoms with Crippen LogP contribution in [0.4, 0.5) is 0 Å². The summed E-state index contributed by atoms with van der Waals surface area (Å²) in [6.07, 6.45) is 7.36. The smallest absolute Gasteiger partial charge is 0.153 e. The van der Waals surface area contributed by atoms with E-state index in [2.05, 4.69) is 5.32 Å². The molecule has 3 aliphatic heterocycles. The fourth-order valence-corrected chi connectivity index (χ4v) is 3.69. The summed E-state index contributed by atoms with van der Waals surface area (Å²) in [5.74, 6) is 0.600. The summed E-state index contributed by atoms with van der Waals surface area (Å²) in [6.45, 7) is 3.16. The molecular weight excluding hydrogens is 242 g/mol. The number of ether oxygens (including phenoxy) is 2. The van der Waals surface area contributed by atoms with E-state index in [9.17, 15) is 4.79 Å². The second-order valence-electron chi connectivity index (χ2n) is 6.28. The lowest BCUT2D eigenvalue weighted by atomic mass is 9.80. The summed E-state index contributed by atoms with van der Waals surface area (Å²) in [5, 5.41) is 3.44. The van der Waals surface area contributed by atoms with Gasteiger partial charge in [-0.15, -0.1) is 0 Å². The molecule has 0 radical (unpaired) electrons. The second kappa shape index (κ2) is 5.90. The maximum Gasteiger partial charge on any atom is 0.153 e. The van der Waals surface area contributed by atoms with Crippen molar-refractivity contribution in [2.45, 2.75) is 56.6 Å². The lowest BCUT2D eigenvalue weighted by molar-refractivity contribution is -0.139. The first kappa shape index (κ1) is 13.5. The minimum absolute atomic E-state index is 0.0879. The van der Waals surface area contributed by atoms with E-state index in [1.807, 2.05) is 0 Å². The van der Waals surface area contributed by atoms with E-state index >= 15 is 0 Å². The molecule has 3 fully saturated rings. The first-order chi connectivity index (χ1) is 9.29. The van der Waals surface area contributed by atoms with Gasteiger partial charge < -0.3 is 14.8 Å². The number of nitrogens with one attached hydrogen (secondary N) is 1. The predicted octanol–water partition coefficient (Wildman–Crippen LogP) is 1.67. The molecule has 0 aromatic carbocycles. The molecule has 1 N–H and O–H groups in total. The molecule has 0 amide bonds. The van der Waals surface area contributed by atoms with Gasteiger partial charge in [-0.3, -0.25) is 4.79 Å². The highest BCUT2D eigenvalue weighted by molar-refractivity contribution is 5.86. The highest BCUT2D eigenvalue weighted by Gasteiger charge is 2.43. The average Bonchev–Trinajstić information content (AvgIpc) is 2.72. The van der Waals surface area contributed by atoms with E-state index in [0.29, 0.717) is 19.0 Å². The number of hydrogen-bond acceptors (Lipinski definition) is 4. The molecule has 108 valence electrons. The van der Waals surface area contributed by atoms with Gasteiger partial charge in [0.25, 0.3) is 0 Å². The predicted molar refractivity (Wildman–Crippen MR) is 72.1 cm³/mol. The standard InChI is InChI=1S/C15H25NO3/c17-14(13-4-2-1-3-7-16-13)12-5-8-19-15(10-12)6-9-18-11-15/h12-13,16H,1-11H2. The summed E-state index contributed by atoms with van der Waals surface area (Å²) in [6, 6.07) is 0.0879. The first-order valence-electron chi connectivity index (χ1n) is 7.78. The minimum Gasteiger partial charge on any atom is -0.378 e. The number of hydrogen-bond donors (Lipinski definition) is 1. The van der Waals surface area contributed by atoms with Crippen LogP contribution >= 0.6 is 0 Å². The minimum atomic E-state index is -0.149. The quantitative estimate of drug-likeness (QED) is 0.827. The molecule has 1 spiro atoms. The van der Waals surface area contributed by atoms with Crippen LogP contribution in [0.2, 0.25) is 0 Å². The van der Waals surface area contributed by atoms with Crippen molar-refractivity contribution in [1.29, 1.82) is 0 Å². The van der Waals surface area contributed by atoms with Crippen molar-refractivity contribution in [1.82, 2.24) is 5.32 Å². The molecule has 0 bridgehead atoms. The molecule has 3 aliphatic rings. The van der Waals surface area contributed by atoms with Crippen molar-refractivity contribution in [2.75, 3.05) is 26.4 Å². The van der Waals surface area contributed by atoms with Crippen molar-refractivity contribution in [3.63, 3.8) is 0 Å². The molecule has 4 heteroatoms. The third kappa shape index (κ3) is 3.01. The highest BCUT2D eigenvalue weighted by atomic mass is 16.6. The molecule has 3 saturated heterocycles. The Morgan fingerprint density at radius 2 is 2.11 bits per heavy atom. The van der Waals surface area contributed by atoms with Gasteiger partial charge in [0.2, 0.25) is 0 Å². The summed E-state index contributed by atoms with van der Waals surface area (Å²) >= 11 is 0. The lowest BCUT2D eigenvalue weighted by Crippen LogP contribution is -2.47. The third-order valence-electron chi connectivity index (χ3n) is 4.87. The number of Topliss-reactive ketones (excluding diaryl/α,β-unsaturated/α-hetero) is 1. The van der Waals surface area contributed by atoms with E-state index < -0.39 is 0 Å². The molecule has 0 aromatic heterocycles. The molecule has 4 nitrogen and oxygen atoms in total. The van der Waals surface area contributed by atoms with Crippen molar-refractivity contribution in [2.24, 2.45) is 5.92 Å². The van der Waals surface area contributed by atoms with Crippen LogP contribution in [0.15, 0.2) is 0 Å². The van der Waals surface area contributed by atoms with Gasteiger partial charge in [0, 0.05) is 25.6 Å². The maximum absolute atomic E-state index is 12.7. The molecule has 0 aromatic rings. The molecule has 0 aliphatic carbocycles. The Bertz CT molecular complexity index is 317. The Kier molecular flexibility index (Phi) is 4.20. The van der Waals surface area contributed by atoms with Crippen molar-refractivity contribution < 1.29 is 14.3 Å². The topological polar surface area (TPSA) is 47.6 Å². The summed E-state index contributed by atoms with van der Waals surface area (Å²) in [4.78, 5) is 12.7. The summed E-state index contributed by atoms with van der Waals surface area (Å²) < 4.78 is 11.4. The number of rotatable bonds is 2. The fraction of sp³-hybridized carbons (Fsp3) is 0.933. The number of carbonyl (C=O) groups excluding carboxylic acids is 1. The van der Waals surface area contributed by atoms with E-state index in [1.165, 1.54) is 19.3 Å². The van der Waals surface area contributed by atoms with Gasteiger partial charge in [0.05, 0.1) is 18.2 Å². The van der Waals surface area contributed by atoms with Crippen LogP contribution in [0.3, 0.4) is 0 Å². The molecule has 3 rings (SSSR count). The zero-order valence-electron chi connectivity index (χ0n) is 11.7. The fourth-order valence-electron chi connectivity index (χ4n) is 3.69. The zero-order valence-corrected chi connectivity index (χ0v) is 11.7. The van der Waals surface area contributed by atoms with Gasteiger partial charge in [0.1, 0.15) is 0 Å². The van der Waals surface area contributed by atoms with Crippen molar-refractivity contribution in [3.8, 4) is 0 Å². The summed E-state index contributed by atoms with van der Waals surface area (Å²) in [7, 11) is 0. The Morgan fingerprint density at radius 3 is 2.95 bits per heavy atom. The van der Waals surface area contributed by atoms with Gasteiger partial charge in [-0.1, -0.05) is 12.8 Å². The van der Waals surface area contributed by atoms with Crippen LogP contribution < -0.4 is 5.32 Å². The molecule has 19 heavy (non-hydrogen) atoms. The van der Waals surface area contributed by atoms with Gasteiger partial charge in [-0.2, -0.15) is 0 Å². The first-order valence-corrected chi connectivity index (χ1v) is 7.78. The molecular formula is C15H25NO3. The van der Waals surface area contributed by atoms with Crippen LogP contribution in [0.25, 0.3) is 0 Å². The average molecular weight is 267 g/mol. The Morgan fingerprint density at radius 1 is 1.16 bits per heavy atom. The molecule has 3 heterocycles. The normalized spacial score (nSPS) is 40.2. The summed E-state index contributed by atoms with van der Waals surface area (Å²) in [5.41, 5.74) is -0.149. The van der Waals surface area contributed by atoms with E-state index in [1.54, 1.807) is 0 Å². The zero-order chi connectivity index (χ0) is 13.1. The van der Waals surface area contributed by atoms with Gasteiger partial charge >= 0.3 is 0 Å². The van der Waals surface area contributed by atoms with Crippen molar-refractivity contribution in [3.05, 3.63) is 0 Å². The Balaban J connectivity index is 1.62. The van der Waals surface area contributed by atoms with E-state index in [0.717, 1.165) is 38.8 Å². The number of ketones is 1. The Labute approximate surface area is 115 Å². The van der Waals surface area contributed by atoms with Crippen LogP contribution in [-0.2, 0) is 14.3 Å². The van der Waals surface area contributed by atoms with Crippen LogP contribution in [0.5, 0.6) is 0 Å². The van der Waals surface area contributed by atoms with Gasteiger partial charge in [-0.05, 0) is 32.2 Å². The van der Waals surface area contributed by atoms with Crippen LogP contribution in [-0.4, -0.2) is 43.8 Å². The van der Waals surface area contributed by atoms with Gasteiger partial charge in [-0.25, -0.2) is 0 Å². The molecule has 3 unspecified atom stereocenters. The van der Waals surface area contributed by atoms with Crippen LogP contribution in [0.1, 0.15) is 44.9 Å². The monoisotopic (exact) mass is 267 g/mol. The Hall–Kier alpha value is -0.450. The van der Waals surface area contributed by atoms with Crippen molar-refractivity contribution >= 4 is 5.78 Å². The van der Waals surface area contributed by atoms with Crippen LogP contribution in [0, 0.1) is 5.92 Å². The molecule has 3 atom stereocenters. The number of carbonyl (C=O) groups is 1. The highest BCUT2D eigenvalue weighted by Crippen LogP contribution is 2.36. The third-order valence-corrected chi connectivity index (χ3v) is 4.87.